The standard InChI is InChI=1S/C32H33N5O6/c1-4-11-37(17-20-5-6-20)18-27(43-32(39)40)28(38)24-10-8-19(14-25(24)37)7-9-22-12-21(15-26(41-2)29(22)42-3)13-23-16-35-31(34)36-30(23)33/h8,10,12,14-16,18,20H,4-6,11,13,17H2,1-3H3,(H4-,33,34,35,36,39,40)/p+1. The number of nitrogens with zero attached hydrogens (tertiary/aromatic N) is 3. The van der Waals surface area contributed by atoms with Gasteiger partial charge in [-0.1, -0.05) is 18.8 Å². The zero-order valence-corrected chi connectivity index (χ0v) is 24.3. The highest BCUT2D eigenvalue weighted by Gasteiger charge is 2.44. The van der Waals surface area contributed by atoms with E-state index in [1.807, 2.05) is 18.2 Å². The molecule has 1 aliphatic carbocycles. The summed E-state index contributed by atoms with van der Waals surface area (Å²) in [5.74, 6) is 7.73. The number of quaternary nitrogens is 1. The number of rotatable bonds is 9. The third-order valence-electron chi connectivity index (χ3n) is 7.60. The summed E-state index contributed by atoms with van der Waals surface area (Å²) in [6.45, 7) is 3.50. The quantitative estimate of drug-likeness (QED) is 0.185. The monoisotopic (exact) mass is 584 g/mol. The van der Waals surface area contributed by atoms with Gasteiger partial charge in [0.2, 0.25) is 17.5 Å². The van der Waals surface area contributed by atoms with Gasteiger partial charge in [0.1, 0.15) is 17.7 Å². The van der Waals surface area contributed by atoms with Gasteiger partial charge in [0.05, 0.1) is 38.4 Å². The number of allylic oxidation sites excluding steroid dienone is 1. The highest BCUT2D eigenvalue weighted by atomic mass is 16.7. The van der Waals surface area contributed by atoms with Crippen LogP contribution >= 0.6 is 0 Å². The SMILES string of the molecule is CCC[N+]1(CC2CC2)C=C(OC(=O)O)C(=O)c2ccc(C#Cc3cc(Cc4cnc(N)nc4N)cc(OC)c3OC)cc21. The zero-order chi connectivity index (χ0) is 30.7. The molecule has 0 radical (unpaired) electrons. The molecule has 1 unspecified atom stereocenters. The predicted octanol–water partition coefficient (Wildman–Crippen LogP) is 4.51. The number of carbonyl (C=O) groups excluding carboxylic acids is 1. The Morgan fingerprint density at radius 2 is 1.93 bits per heavy atom. The van der Waals surface area contributed by atoms with E-state index in [2.05, 4.69) is 28.7 Å². The lowest BCUT2D eigenvalue weighted by atomic mass is 9.97. The number of ketones is 1. The molecule has 222 valence electrons. The van der Waals surface area contributed by atoms with Gasteiger partial charge < -0.3 is 30.8 Å². The molecule has 0 amide bonds. The first-order chi connectivity index (χ1) is 20.7. The summed E-state index contributed by atoms with van der Waals surface area (Å²) in [7, 11) is 3.11. The van der Waals surface area contributed by atoms with E-state index in [4.69, 9.17) is 25.7 Å². The van der Waals surface area contributed by atoms with Gasteiger partial charge in [0.25, 0.3) is 0 Å². The van der Waals surface area contributed by atoms with Gasteiger partial charge in [-0.3, -0.25) is 9.28 Å². The second-order valence-corrected chi connectivity index (χ2v) is 10.8. The molecular formula is C32H34N5O6+. The Balaban J connectivity index is 1.56. The van der Waals surface area contributed by atoms with Crippen LogP contribution < -0.4 is 25.4 Å². The number of benzene rings is 2. The number of Topliss-reactive ketones (excluding diaryl/α,β-unsaturated/α-hetero) is 1. The fraction of sp³-hybridized carbons (Fsp3) is 0.312. The summed E-state index contributed by atoms with van der Waals surface area (Å²) in [4.78, 5) is 32.7. The minimum absolute atomic E-state index is 0.103. The smallest absolute Gasteiger partial charge is 0.493 e. The molecule has 1 fully saturated rings. The van der Waals surface area contributed by atoms with Crippen LogP contribution in [0.4, 0.5) is 22.2 Å². The van der Waals surface area contributed by atoms with Crippen molar-refractivity contribution in [1.82, 2.24) is 14.5 Å². The summed E-state index contributed by atoms with van der Waals surface area (Å²) in [5.41, 5.74) is 15.8. The Kier molecular flexibility index (Phi) is 8.23. The molecule has 0 saturated heterocycles. The predicted molar refractivity (Wildman–Crippen MR) is 162 cm³/mol. The third kappa shape index (κ3) is 6.24. The van der Waals surface area contributed by atoms with Crippen LogP contribution in [0.15, 0.2) is 48.5 Å². The molecule has 0 bridgehead atoms. The zero-order valence-electron chi connectivity index (χ0n) is 24.3. The molecule has 1 aromatic heterocycles. The second kappa shape index (κ2) is 12.0. The van der Waals surface area contributed by atoms with Gasteiger partial charge in [-0.2, -0.15) is 4.98 Å². The minimum atomic E-state index is -1.51. The number of carboxylic acid groups (broad SMARTS) is 1. The number of anilines is 2. The van der Waals surface area contributed by atoms with Crippen molar-refractivity contribution in [2.24, 2.45) is 5.92 Å². The molecule has 11 heteroatoms. The highest BCUT2D eigenvalue weighted by Crippen LogP contribution is 2.42. The Hall–Kier alpha value is -5.08. The Morgan fingerprint density at radius 1 is 1.14 bits per heavy atom. The number of fused-ring (bicyclic) bond motifs is 1. The van der Waals surface area contributed by atoms with Crippen molar-refractivity contribution < 1.29 is 28.9 Å². The average molecular weight is 585 g/mol. The molecule has 11 nitrogen and oxygen atoms in total. The number of nitrogen functional groups attached to an aromatic ring is 2. The van der Waals surface area contributed by atoms with Crippen LogP contribution in [0.3, 0.4) is 0 Å². The lowest BCUT2D eigenvalue weighted by molar-refractivity contribution is 0.0841. The number of methoxy groups -OCH3 is 2. The van der Waals surface area contributed by atoms with Crippen LogP contribution in [0.2, 0.25) is 0 Å². The van der Waals surface area contributed by atoms with E-state index in [0.29, 0.717) is 62.9 Å². The first-order valence-corrected chi connectivity index (χ1v) is 14.0. The largest absolute Gasteiger partial charge is 0.511 e. The molecular weight excluding hydrogens is 550 g/mol. The molecule has 5 N–H and O–H groups in total. The fourth-order valence-electron chi connectivity index (χ4n) is 5.56. The maximum Gasteiger partial charge on any atom is 0.511 e. The molecule has 43 heavy (non-hydrogen) atoms. The van der Waals surface area contributed by atoms with E-state index in [9.17, 15) is 14.7 Å². The van der Waals surface area contributed by atoms with Crippen LogP contribution in [-0.4, -0.2) is 54.3 Å². The van der Waals surface area contributed by atoms with Crippen molar-refractivity contribution in [3.8, 4) is 23.3 Å². The normalized spacial score (nSPS) is 17.3. The van der Waals surface area contributed by atoms with E-state index in [1.54, 1.807) is 38.7 Å². The molecule has 1 saturated carbocycles. The molecule has 1 atom stereocenters. The van der Waals surface area contributed by atoms with Crippen molar-refractivity contribution in [3.63, 3.8) is 0 Å². The van der Waals surface area contributed by atoms with Crippen LogP contribution in [0.5, 0.6) is 11.5 Å². The lowest BCUT2D eigenvalue weighted by Gasteiger charge is -2.38. The maximum atomic E-state index is 13.3. The van der Waals surface area contributed by atoms with Crippen molar-refractivity contribution >= 4 is 29.4 Å². The average Bonchev–Trinajstić information content (AvgIpc) is 3.79. The number of hydrogen-bond donors (Lipinski definition) is 3. The topological polar surface area (TPSA) is 160 Å². The van der Waals surface area contributed by atoms with Gasteiger partial charge in [0.15, 0.2) is 11.5 Å². The van der Waals surface area contributed by atoms with Crippen LogP contribution in [0.25, 0.3) is 0 Å². The Morgan fingerprint density at radius 3 is 2.58 bits per heavy atom. The summed E-state index contributed by atoms with van der Waals surface area (Å²) in [5, 5.41) is 9.28. The number of aromatic nitrogens is 2. The molecule has 2 heterocycles. The Bertz CT molecular complexity index is 1690. The third-order valence-corrected chi connectivity index (χ3v) is 7.60. The van der Waals surface area contributed by atoms with Crippen LogP contribution in [0, 0.1) is 17.8 Å². The molecule has 0 spiro atoms. The van der Waals surface area contributed by atoms with E-state index >= 15 is 0 Å². The maximum absolute atomic E-state index is 13.3. The molecule has 2 aliphatic rings. The van der Waals surface area contributed by atoms with Crippen LogP contribution in [0.1, 0.15) is 58.8 Å². The number of carbonyl (C=O) groups is 2. The molecule has 2 aromatic carbocycles. The lowest BCUT2D eigenvalue weighted by Crippen LogP contribution is -2.50. The fourth-order valence-corrected chi connectivity index (χ4v) is 5.56. The van der Waals surface area contributed by atoms with Gasteiger partial charge in [-0.25, -0.2) is 9.78 Å². The molecule has 1 aliphatic heterocycles. The van der Waals surface area contributed by atoms with Gasteiger partial charge >= 0.3 is 6.16 Å². The van der Waals surface area contributed by atoms with Gasteiger partial charge in [-0.05, 0) is 49.1 Å². The van der Waals surface area contributed by atoms with Crippen LogP contribution in [-0.2, 0) is 11.2 Å². The summed E-state index contributed by atoms with van der Waals surface area (Å²) in [6, 6.07) is 9.13. The molecule has 5 rings (SSSR count). The van der Waals surface area contributed by atoms with E-state index in [1.165, 1.54) is 0 Å². The minimum Gasteiger partial charge on any atom is -0.493 e. The highest BCUT2D eigenvalue weighted by molar-refractivity contribution is 6.13. The van der Waals surface area contributed by atoms with Crippen molar-refractivity contribution in [2.45, 2.75) is 32.6 Å². The van der Waals surface area contributed by atoms with E-state index in [-0.39, 0.29) is 11.7 Å². The van der Waals surface area contributed by atoms with E-state index in [0.717, 1.165) is 37.1 Å². The van der Waals surface area contributed by atoms with Gasteiger partial charge in [-0.15, -0.1) is 0 Å². The number of ether oxygens (including phenoxy) is 3. The summed E-state index contributed by atoms with van der Waals surface area (Å²) >= 11 is 0. The van der Waals surface area contributed by atoms with E-state index < -0.39 is 11.9 Å². The van der Waals surface area contributed by atoms with Gasteiger partial charge in [0, 0.05) is 35.7 Å². The molecule has 3 aromatic rings. The number of nitrogens with two attached hydrogens (primary N) is 2. The van der Waals surface area contributed by atoms with Crippen molar-refractivity contribution in [1.29, 1.82) is 0 Å². The van der Waals surface area contributed by atoms with Crippen molar-refractivity contribution in [2.75, 3.05) is 38.8 Å². The summed E-state index contributed by atoms with van der Waals surface area (Å²) in [6.07, 6.45) is 5.20. The summed E-state index contributed by atoms with van der Waals surface area (Å²) < 4.78 is 16.5. The van der Waals surface area contributed by atoms with Crippen molar-refractivity contribution in [3.05, 3.63) is 76.3 Å². The first kappa shape index (κ1) is 29.4. The number of hydrogen-bond acceptors (Lipinski definition) is 9. The second-order valence-electron chi connectivity index (χ2n) is 10.8. The Labute approximate surface area is 249 Å². The first-order valence-electron chi connectivity index (χ1n) is 14.0.